The predicted octanol–water partition coefficient (Wildman–Crippen LogP) is 7.04. The molecule has 0 saturated heterocycles. The average molecular weight is 593 g/mol. The van der Waals surface area contributed by atoms with Crippen LogP contribution >= 0.6 is 45.8 Å². The van der Waals surface area contributed by atoms with Crippen LogP contribution in [0, 0.1) is 21.8 Å². The molecule has 0 aliphatic rings. The van der Waals surface area contributed by atoms with Gasteiger partial charge in [0, 0.05) is 5.02 Å². The van der Waals surface area contributed by atoms with Crippen LogP contribution in [0.3, 0.4) is 0 Å². The van der Waals surface area contributed by atoms with Crippen LogP contribution in [-0.4, -0.2) is 13.0 Å². The van der Waals surface area contributed by atoms with Gasteiger partial charge in [0.15, 0.2) is 11.5 Å². The maximum Gasteiger partial charge on any atom is 0.266 e. The van der Waals surface area contributed by atoms with E-state index < -0.39 is 5.91 Å². The normalized spacial score (nSPS) is 11.0. The number of anilines is 1. The van der Waals surface area contributed by atoms with Crippen LogP contribution in [0.5, 0.6) is 11.5 Å². The van der Waals surface area contributed by atoms with Crippen LogP contribution in [0.4, 0.5) is 5.69 Å². The second-order valence-corrected chi connectivity index (χ2v) is 9.00. The van der Waals surface area contributed by atoms with Gasteiger partial charge in [-0.1, -0.05) is 47.5 Å². The van der Waals surface area contributed by atoms with Crippen molar-refractivity contribution in [3.63, 3.8) is 0 Å². The summed E-state index contributed by atoms with van der Waals surface area (Å²) >= 11 is 14.2. The summed E-state index contributed by atoms with van der Waals surface area (Å²) in [5, 5.41) is 12.9. The summed E-state index contributed by atoms with van der Waals surface area (Å²) in [4.78, 5) is 12.6. The largest absolute Gasteiger partial charge is 0.493 e. The molecule has 0 atom stereocenters. The van der Waals surface area contributed by atoms with E-state index in [-0.39, 0.29) is 5.57 Å². The molecule has 3 rings (SSSR count). The first-order chi connectivity index (χ1) is 15.8. The molecule has 0 unspecified atom stereocenters. The van der Waals surface area contributed by atoms with E-state index in [2.05, 4.69) is 27.9 Å². The van der Waals surface area contributed by atoms with Crippen molar-refractivity contribution in [2.75, 3.05) is 12.4 Å². The maximum absolute atomic E-state index is 12.6. The molecule has 0 heterocycles. The number of rotatable bonds is 7. The lowest BCUT2D eigenvalue weighted by Crippen LogP contribution is -2.13. The minimum Gasteiger partial charge on any atom is -0.493 e. The fourth-order valence-electron chi connectivity index (χ4n) is 2.98. The van der Waals surface area contributed by atoms with Gasteiger partial charge in [-0.25, -0.2) is 0 Å². The Kier molecular flexibility index (Phi) is 8.61. The molecule has 1 amide bonds. The van der Waals surface area contributed by atoms with Crippen molar-refractivity contribution in [1.29, 1.82) is 5.26 Å². The lowest BCUT2D eigenvalue weighted by atomic mass is 10.1. The first kappa shape index (κ1) is 24.9. The number of amides is 1. The van der Waals surface area contributed by atoms with Crippen molar-refractivity contribution in [2.24, 2.45) is 0 Å². The smallest absolute Gasteiger partial charge is 0.266 e. The Morgan fingerprint density at radius 3 is 2.64 bits per heavy atom. The fraction of sp³-hybridized carbons (Fsp3) is 0.120. The number of carbonyl (C=O) groups is 1. The molecule has 0 fully saturated rings. The number of hydrogen-bond donors (Lipinski definition) is 1. The fourth-order valence-corrected chi connectivity index (χ4v) is 4.10. The monoisotopic (exact) mass is 592 g/mol. The molecule has 5 nitrogen and oxygen atoms in total. The van der Waals surface area contributed by atoms with Gasteiger partial charge in [-0.2, -0.15) is 5.26 Å². The van der Waals surface area contributed by atoms with Gasteiger partial charge in [0.2, 0.25) is 0 Å². The van der Waals surface area contributed by atoms with E-state index in [1.165, 1.54) is 12.1 Å². The van der Waals surface area contributed by atoms with Gasteiger partial charge in [-0.3, -0.25) is 4.79 Å². The molecule has 33 heavy (non-hydrogen) atoms. The van der Waals surface area contributed by atoms with Gasteiger partial charge >= 0.3 is 0 Å². The van der Waals surface area contributed by atoms with Gasteiger partial charge in [-0.15, -0.1) is 0 Å². The highest BCUT2D eigenvalue weighted by molar-refractivity contribution is 14.1. The average Bonchev–Trinajstić information content (AvgIpc) is 2.79. The van der Waals surface area contributed by atoms with Crippen molar-refractivity contribution < 1.29 is 14.3 Å². The van der Waals surface area contributed by atoms with Crippen molar-refractivity contribution in [3.05, 3.63) is 90.5 Å². The van der Waals surface area contributed by atoms with E-state index in [1.54, 1.807) is 25.3 Å². The summed E-state index contributed by atoms with van der Waals surface area (Å²) in [6.45, 7) is 2.42. The van der Waals surface area contributed by atoms with Gasteiger partial charge in [0.1, 0.15) is 18.2 Å². The Labute approximate surface area is 216 Å². The van der Waals surface area contributed by atoms with Crippen LogP contribution in [-0.2, 0) is 11.4 Å². The third-order valence-corrected chi connectivity index (χ3v) is 6.10. The first-order valence-electron chi connectivity index (χ1n) is 9.75. The number of nitrogens with one attached hydrogen (secondary N) is 1. The van der Waals surface area contributed by atoms with Crippen molar-refractivity contribution in [3.8, 4) is 17.6 Å². The number of benzene rings is 3. The zero-order valence-electron chi connectivity index (χ0n) is 17.8. The van der Waals surface area contributed by atoms with Gasteiger partial charge in [0.25, 0.3) is 5.91 Å². The Balaban J connectivity index is 1.85. The van der Waals surface area contributed by atoms with E-state index in [0.29, 0.717) is 39.4 Å². The second-order valence-electron chi connectivity index (χ2n) is 7.00. The number of nitriles is 1. The lowest BCUT2D eigenvalue weighted by Gasteiger charge is -2.15. The molecule has 168 valence electrons. The Hall–Kier alpha value is -2.73. The van der Waals surface area contributed by atoms with Crippen molar-refractivity contribution >= 4 is 63.5 Å². The van der Waals surface area contributed by atoms with Gasteiger partial charge < -0.3 is 14.8 Å². The number of ether oxygens (including phenoxy) is 2. The van der Waals surface area contributed by atoms with Gasteiger partial charge in [-0.05, 0) is 82.6 Å². The van der Waals surface area contributed by atoms with Crippen LogP contribution in [0.2, 0.25) is 10.0 Å². The first-order valence-corrected chi connectivity index (χ1v) is 11.6. The van der Waals surface area contributed by atoms with Crippen LogP contribution in [0.25, 0.3) is 6.08 Å². The highest BCUT2D eigenvalue weighted by Gasteiger charge is 2.15. The number of methoxy groups -OCH3 is 1. The zero-order valence-corrected chi connectivity index (χ0v) is 21.5. The minimum absolute atomic E-state index is 0.0996. The Morgan fingerprint density at radius 2 is 1.94 bits per heavy atom. The molecule has 1 N–H and O–H groups in total. The standard InChI is InChI=1S/C25H19Cl2IN2O3/c1-15-5-3-4-6-17(15)14-33-24-21(28)10-16(11-23(24)32-2)9-18(13-29)25(31)30-22-12-19(26)7-8-20(22)27/h3-12H,14H2,1-2H3,(H,30,31)/b18-9+. The number of nitrogens with zero attached hydrogens (tertiary/aromatic N) is 1. The topological polar surface area (TPSA) is 71.3 Å². The molecule has 0 bridgehead atoms. The number of hydrogen-bond acceptors (Lipinski definition) is 4. The minimum atomic E-state index is -0.601. The van der Waals surface area contributed by atoms with E-state index in [9.17, 15) is 10.1 Å². The van der Waals surface area contributed by atoms with Crippen molar-refractivity contribution in [2.45, 2.75) is 13.5 Å². The number of carbonyl (C=O) groups excluding carboxylic acids is 1. The molecule has 3 aromatic rings. The summed E-state index contributed by atoms with van der Waals surface area (Å²) in [5.41, 5.74) is 3.04. The second kappa shape index (κ2) is 11.4. The number of halogens is 3. The third-order valence-electron chi connectivity index (χ3n) is 4.74. The van der Waals surface area contributed by atoms with Crippen LogP contribution < -0.4 is 14.8 Å². The summed E-state index contributed by atoms with van der Waals surface area (Å²) in [6.07, 6.45) is 1.48. The molecule has 0 saturated carbocycles. The third kappa shape index (κ3) is 6.41. The van der Waals surface area contributed by atoms with E-state index in [0.717, 1.165) is 14.7 Å². The molecule has 0 radical (unpaired) electrons. The van der Waals surface area contributed by atoms with Crippen LogP contribution in [0.1, 0.15) is 16.7 Å². The SMILES string of the molecule is COc1cc(/C=C(\C#N)C(=O)Nc2cc(Cl)ccc2Cl)cc(I)c1OCc1ccccc1C. The molecule has 0 aromatic heterocycles. The summed E-state index contributed by atoms with van der Waals surface area (Å²) in [6, 6.07) is 18.1. The van der Waals surface area contributed by atoms with Gasteiger partial charge in [0.05, 0.1) is 21.4 Å². The van der Waals surface area contributed by atoms with E-state index in [1.807, 2.05) is 43.3 Å². The predicted molar refractivity (Wildman–Crippen MR) is 140 cm³/mol. The molecule has 0 aliphatic heterocycles. The molecule has 8 heteroatoms. The van der Waals surface area contributed by atoms with E-state index >= 15 is 0 Å². The van der Waals surface area contributed by atoms with Crippen LogP contribution in [0.15, 0.2) is 60.2 Å². The lowest BCUT2D eigenvalue weighted by molar-refractivity contribution is -0.112. The molecular formula is C25H19Cl2IN2O3. The molecular weight excluding hydrogens is 574 g/mol. The Bertz CT molecular complexity index is 1270. The molecule has 3 aromatic carbocycles. The summed E-state index contributed by atoms with van der Waals surface area (Å²) < 4.78 is 12.3. The maximum atomic E-state index is 12.6. The van der Waals surface area contributed by atoms with E-state index in [4.69, 9.17) is 32.7 Å². The molecule has 0 spiro atoms. The quantitative estimate of drug-likeness (QED) is 0.181. The highest BCUT2D eigenvalue weighted by atomic mass is 127. The zero-order chi connectivity index (χ0) is 24.0. The summed E-state index contributed by atoms with van der Waals surface area (Å²) in [7, 11) is 1.54. The highest BCUT2D eigenvalue weighted by Crippen LogP contribution is 2.35. The Morgan fingerprint density at radius 1 is 1.18 bits per heavy atom. The van der Waals surface area contributed by atoms with Crippen molar-refractivity contribution in [1.82, 2.24) is 0 Å². The molecule has 0 aliphatic carbocycles. The number of aryl methyl sites for hydroxylation is 1. The summed E-state index contributed by atoms with van der Waals surface area (Å²) in [5.74, 6) is 0.486.